The molecule has 1 aliphatic rings. The van der Waals surface area contributed by atoms with Gasteiger partial charge in [0.2, 0.25) is 5.91 Å². The molecule has 126 valence electrons. The average molecular weight is 322 g/mol. The van der Waals surface area contributed by atoms with Crippen LogP contribution in [0.1, 0.15) is 36.0 Å². The summed E-state index contributed by atoms with van der Waals surface area (Å²) in [5.41, 5.74) is 5.86. The zero-order chi connectivity index (χ0) is 16.9. The summed E-state index contributed by atoms with van der Waals surface area (Å²) in [4.78, 5) is 14.8. The monoisotopic (exact) mass is 322 g/mol. The molecule has 1 heterocycles. The van der Waals surface area contributed by atoms with Gasteiger partial charge in [0.25, 0.3) is 0 Å². The largest absolute Gasteiger partial charge is 0.370 e. The highest BCUT2D eigenvalue weighted by Crippen LogP contribution is 2.28. The molecule has 0 radical (unpaired) electrons. The number of nitrogens with one attached hydrogen (secondary N) is 1. The number of anilines is 2. The minimum absolute atomic E-state index is 0.0848. The molecule has 3 heteroatoms. The number of nitrogens with zero attached hydrogens (tertiary/aromatic N) is 1. The third-order valence-corrected chi connectivity index (χ3v) is 4.74. The fourth-order valence-corrected chi connectivity index (χ4v) is 3.40. The van der Waals surface area contributed by atoms with Gasteiger partial charge in [0.05, 0.1) is 11.4 Å². The number of benzene rings is 2. The molecule has 3 nitrogen and oxygen atoms in total. The molecule has 0 unspecified atom stereocenters. The molecule has 1 amide bonds. The number of rotatable bonds is 5. The van der Waals surface area contributed by atoms with Crippen molar-refractivity contribution in [2.45, 2.75) is 39.5 Å². The van der Waals surface area contributed by atoms with Crippen LogP contribution in [0, 0.1) is 13.8 Å². The van der Waals surface area contributed by atoms with Crippen LogP contribution < -0.4 is 10.2 Å². The number of para-hydroxylation sites is 2. The summed E-state index contributed by atoms with van der Waals surface area (Å²) in [5, 5.41) is 3.11. The van der Waals surface area contributed by atoms with E-state index in [4.69, 9.17) is 0 Å². The lowest BCUT2D eigenvalue weighted by atomic mass is 10.0. The van der Waals surface area contributed by atoms with E-state index in [2.05, 4.69) is 48.3 Å². The predicted molar refractivity (Wildman–Crippen MR) is 101 cm³/mol. The second kappa shape index (κ2) is 7.52. The highest BCUT2D eigenvalue weighted by atomic mass is 16.1. The zero-order valence-corrected chi connectivity index (χ0v) is 14.6. The number of carbonyl (C=O) groups excluding carboxylic acids is 1. The van der Waals surface area contributed by atoms with Crippen molar-refractivity contribution in [1.82, 2.24) is 0 Å². The molecule has 1 aliphatic heterocycles. The van der Waals surface area contributed by atoms with Crippen LogP contribution >= 0.6 is 0 Å². The van der Waals surface area contributed by atoms with E-state index in [1.807, 2.05) is 18.2 Å². The third-order valence-electron chi connectivity index (χ3n) is 4.74. The van der Waals surface area contributed by atoms with Gasteiger partial charge in [0, 0.05) is 19.5 Å². The van der Waals surface area contributed by atoms with E-state index in [-0.39, 0.29) is 5.91 Å². The van der Waals surface area contributed by atoms with Crippen LogP contribution in [0.2, 0.25) is 0 Å². The summed E-state index contributed by atoms with van der Waals surface area (Å²) in [6, 6.07) is 14.6. The summed E-state index contributed by atoms with van der Waals surface area (Å²) in [6.45, 7) is 6.37. The number of carbonyl (C=O) groups is 1. The minimum atomic E-state index is 0.0848. The lowest BCUT2D eigenvalue weighted by Crippen LogP contribution is -2.21. The SMILES string of the molecule is Cc1ccc(CCC(=O)Nc2ccccc2N2CCCC2)c(C)c1. The first-order valence-electron chi connectivity index (χ1n) is 8.83. The van der Waals surface area contributed by atoms with Crippen LogP contribution in [0.25, 0.3) is 0 Å². The molecule has 3 rings (SSSR count). The van der Waals surface area contributed by atoms with E-state index in [0.29, 0.717) is 6.42 Å². The van der Waals surface area contributed by atoms with Gasteiger partial charge in [-0.1, -0.05) is 35.9 Å². The summed E-state index contributed by atoms with van der Waals surface area (Å²) in [6.07, 6.45) is 3.76. The van der Waals surface area contributed by atoms with Gasteiger partial charge in [-0.2, -0.15) is 0 Å². The standard InChI is InChI=1S/C21H26N2O/c1-16-9-10-18(17(2)15-16)11-12-21(24)22-19-7-3-4-8-20(19)23-13-5-6-14-23/h3-4,7-10,15H,5-6,11-14H2,1-2H3,(H,22,24). The van der Waals surface area contributed by atoms with Crippen LogP contribution in [0.5, 0.6) is 0 Å². The number of hydrogen-bond donors (Lipinski definition) is 1. The van der Waals surface area contributed by atoms with E-state index in [0.717, 1.165) is 30.9 Å². The van der Waals surface area contributed by atoms with E-state index in [1.165, 1.54) is 29.5 Å². The number of amides is 1. The summed E-state index contributed by atoms with van der Waals surface area (Å²) in [7, 11) is 0. The maximum absolute atomic E-state index is 12.4. The molecule has 0 aromatic heterocycles. The van der Waals surface area contributed by atoms with Crippen molar-refractivity contribution in [3.05, 3.63) is 59.2 Å². The molecule has 0 aliphatic carbocycles. The van der Waals surface area contributed by atoms with Gasteiger partial charge in [-0.25, -0.2) is 0 Å². The highest BCUT2D eigenvalue weighted by molar-refractivity contribution is 5.94. The normalized spacial score (nSPS) is 14.0. The topological polar surface area (TPSA) is 32.3 Å². The molecule has 1 fully saturated rings. The molecular formula is C21H26N2O. The van der Waals surface area contributed by atoms with Crippen LogP contribution in [0.4, 0.5) is 11.4 Å². The Morgan fingerprint density at radius 2 is 1.83 bits per heavy atom. The van der Waals surface area contributed by atoms with Gasteiger partial charge in [0.1, 0.15) is 0 Å². The van der Waals surface area contributed by atoms with Crippen LogP contribution in [0.3, 0.4) is 0 Å². The summed E-state index contributed by atoms with van der Waals surface area (Å²) < 4.78 is 0. The maximum Gasteiger partial charge on any atom is 0.224 e. The van der Waals surface area contributed by atoms with Crippen molar-refractivity contribution in [1.29, 1.82) is 0 Å². The molecule has 24 heavy (non-hydrogen) atoms. The minimum Gasteiger partial charge on any atom is -0.370 e. The molecule has 2 aromatic carbocycles. The van der Waals surface area contributed by atoms with Gasteiger partial charge in [-0.3, -0.25) is 4.79 Å². The van der Waals surface area contributed by atoms with Crippen LogP contribution in [0.15, 0.2) is 42.5 Å². The van der Waals surface area contributed by atoms with Gasteiger partial charge >= 0.3 is 0 Å². The Hall–Kier alpha value is -2.29. The second-order valence-corrected chi connectivity index (χ2v) is 6.69. The van der Waals surface area contributed by atoms with Crippen molar-refractivity contribution >= 4 is 17.3 Å². The lowest BCUT2D eigenvalue weighted by molar-refractivity contribution is -0.116. The van der Waals surface area contributed by atoms with E-state index in [9.17, 15) is 4.79 Å². The molecule has 2 aromatic rings. The Morgan fingerprint density at radius 3 is 2.58 bits per heavy atom. The second-order valence-electron chi connectivity index (χ2n) is 6.69. The molecule has 0 saturated carbocycles. The Morgan fingerprint density at radius 1 is 1.08 bits per heavy atom. The predicted octanol–water partition coefficient (Wildman–Crippen LogP) is 4.47. The Balaban J connectivity index is 1.63. The fourth-order valence-electron chi connectivity index (χ4n) is 3.40. The highest BCUT2D eigenvalue weighted by Gasteiger charge is 2.16. The van der Waals surface area contributed by atoms with Crippen molar-refractivity contribution in [2.75, 3.05) is 23.3 Å². The number of aryl methyl sites for hydroxylation is 3. The Labute approximate surface area is 144 Å². The summed E-state index contributed by atoms with van der Waals surface area (Å²) in [5.74, 6) is 0.0848. The van der Waals surface area contributed by atoms with E-state index >= 15 is 0 Å². The first-order chi connectivity index (χ1) is 11.6. The molecule has 0 atom stereocenters. The fraction of sp³-hybridized carbons (Fsp3) is 0.381. The van der Waals surface area contributed by atoms with Gasteiger partial charge in [-0.05, 0) is 56.4 Å². The average Bonchev–Trinajstić information content (AvgIpc) is 3.09. The molecule has 1 N–H and O–H groups in total. The van der Waals surface area contributed by atoms with Crippen molar-refractivity contribution in [3.63, 3.8) is 0 Å². The lowest BCUT2D eigenvalue weighted by Gasteiger charge is -2.21. The third kappa shape index (κ3) is 3.97. The molecule has 1 saturated heterocycles. The van der Waals surface area contributed by atoms with Crippen molar-refractivity contribution < 1.29 is 4.79 Å². The first kappa shape index (κ1) is 16.6. The molecule has 0 spiro atoms. The quantitative estimate of drug-likeness (QED) is 0.880. The van der Waals surface area contributed by atoms with Gasteiger partial charge < -0.3 is 10.2 Å². The smallest absolute Gasteiger partial charge is 0.224 e. The van der Waals surface area contributed by atoms with E-state index in [1.54, 1.807) is 0 Å². The van der Waals surface area contributed by atoms with Gasteiger partial charge in [0.15, 0.2) is 0 Å². The van der Waals surface area contributed by atoms with Crippen LogP contribution in [-0.2, 0) is 11.2 Å². The molecular weight excluding hydrogens is 296 g/mol. The number of hydrogen-bond acceptors (Lipinski definition) is 2. The maximum atomic E-state index is 12.4. The van der Waals surface area contributed by atoms with Crippen LogP contribution in [-0.4, -0.2) is 19.0 Å². The van der Waals surface area contributed by atoms with Crippen molar-refractivity contribution in [3.8, 4) is 0 Å². The van der Waals surface area contributed by atoms with E-state index < -0.39 is 0 Å². The zero-order valence-electron chi connectivity index (χ0n) is 14.6. The summed E-state index contributed by atoms with van der Waals surface area (Å²) >= 11 is 0. The Kier molecular flexibility index (Phi) is 5.19. The Bertz CT molecular complexity index is 718. The van der Waals surface area contributed by atoms with Crippen molar-refractivity contribution in [2.24, 2.45) is 0 Å². The van der Waals surface area contributed by atoms with Gasteiger partial charge in [-0.15, -0.1) is 0 Å². The first-order valence-corrected chi connectivity index (χ1v) is 8.83. The molecule has 0 bridgehead atoms.